The van der Waals surface area contributed by atoms with Crippen LogP contribution in [0.4, 0.5) is 5.13 Å². The third-order valence-electron chi connectivity index (χ3n) is 5.23. The lowest BCUT2D eigenvalue weighted by molar-refractivity contribution is -0.111. The Labute approximate surface area is 206 Å². The molecule has 0 spiro atoms. The average molecular weight is 483 g/mol. The smallest absolute Gasteiger partial charge is 0.250 e. The summed E-state index contributed by atoms with van der Waals surface area (Å²) in [6.07, 6.45) is 9.96. The van der Waals surface area contributed by atoms with Gasteiger partial charge in [-0.15, -0.1) is 0 Å². The van der Waals surface area contributed by atoms with Crippen LogP contribution in [-0.2, 0) is 4.79 Å². The van der Waals surface area contributed by atoms with Crippen LogP contribution in [0, 0.1) is 0 Å². The van der Waals surface area contributed by atoms with Crippen LogP contribution >= 0.6 is 11.3 Å². The number of nitrogens with one attached hydrogen (secondary N) is 1. The first kappa shape index (κ1) is 25.6. The van der Waals surface area contributed by atoms with Crippen molar-refractivity contribution >= 4 is 38.7 Å². The number of fused-ring (bicyclic) bond motifs is 1. The summed E-state index contributed by atoms with van der Waals surface area (Å²) in [7, 11) is 1.62. The number of carbonyl (C=O) groups is 1. The van der Waals surface area contributed by atoms with Crippen molar-refractivity contribution in [2.24, 2.45) is 0 Å². The number of carbonyl (C=O) groups excluding carboxylic acids is 1. The summed E-state index contributed by atoms with van der Waals surface area (Å²) in [4.78, 5) is 16.9. The zero-order chi connectivity index (χ0) is 24.2. The number of ether oxygens (including phenoxy) is 3. The molecule has 3 rings (SSSR count). The topological polar surface area (TPSA) is 69.7 Å². The third kappa shape index (κ3) is 7.76. The summed E-state index contributed by atoms with van der Waals surface area (Å²) < 4.78 is 18.1. The Morgan fingerprint density at radius 3 is 2.59 bits per heavy atom. The molecule has 1 amide bonds. The minimum Gasteiger partial charge on any atom is -0.494 e. The molecular formula is C27H34N2O4S. The fourth-order valence-corrected chi connectivity index (χ4v) is 4.22. The minimum atomic E-state index is -0.242. The first-order valence-electron chi connectivity index (χ1n) is 12.0. The number of nitrogens with zero attached hydrogens (tertiary/aromatic N) is 1. The van der Waals surface area contributed by atoms with E-state index in [4.69, 9.17) is 14.2 Å². The number of unbranched alkanes of at least 4 members (excludes halogenated alkanes) is 4. The van der Waals surface area contributed by atoms with Crippen molar-refractivity contribution in [2.75, 3.05) is 25.6 Å². The van der Waals surface area contributed by atoms with Gasteiger partial charge in [0.1, 0.15) is 5.75 Å². The molecule has 6 nitrogen and oxygen atoms in total. The molecule has 0 unspecified atom stereocenters. The molecule has 7 heteroatoms. The Bertz CT molecular complexity index is 1090. The maximum absolute atomic E-state index is 12.4. The number of rotatable bonds is 14. The molecule has 1 aromatic heterocycles. The summed E-state index contributed by atoms with van der Waals surface area (Å²) in [6.45, 7) is 5.69. The van der Waals surface area contributed by atoms with E-state index in [1.807, 2.05) is 36.4 Å². The van der Waals surface area contributed by atoms with Gasteiger partial charge in [-0.05, 0) is 54.8 Å². The Hall–Kier alpha value is -3.06. The van der Waals surface area contributed by atoms with Crippen LogP contribution in [0.2, 0.25) is 0 Å². The van der Waals surface area contributed by atoms with Crippen LogP contribution in [-0.4, -0.2) is 31.2 Å². The molecule has 182 valence electrons. The first-order chi connectivity index (χ1) is 16.6. The number of hydrogen-bond donors (Lipinski definition) is 1. The van der Waals surface area contributed by atoms with Gasteiger partial charge >= 0.3 is 0 Å². The van der Waals surface area contributed by atoms with Gasteiger partial charge in [-0.3, -0.25) is 10.1 Å². The lowest BCUT2D eigenvalue weighted by atomic mass is 10.2. The molecule has 0 fully saturated rings. The minimum absolute atomic E-state index is 0.242. The van der Waals surface area contributed by atoms with E-state index in [1.54, 1.807) is 13.2 Å². The maximum Gasteiger partial charge on any atom is 0.250 e. The molecule has 3 aromatic rings. The Morgan fingerprint density at radius 1 is 0.971 bits per heavy atom. The Balaban J connectivity index is 1.57. The van der Waals surface area contributed by atoms with Gasteiger partial charge < -0.3 is 14.2 Å². The van der Waals surface area contributed by atoms with Gasteiger partial charge in [-0.2, -0.15) is 0 Å². The monoisotopic (exact) mass is 482 g/mol. The molecule has 0 atom stereocenters. The van der Waals surface area contributed by atoms with Crippen LogP contribution in [0.25, 0.3) is 16.3 Å². The summed E-state index contributed by atoms with van der Waals surface area (Å²) in [6, 6.07) is 11.4. The number of amides is 1. The molecule has 0 radical (unpaired) electrons. The second-order valence-corrected chi connectivity index (χ2v) is 9.02. The third-order valence-corrected chi connectivity index (χ3v) is 6.16. The highest BCUT2D eigenvalue weighted by atomic mass is 32.1. The zero-order valence-corrected chi connectivity index (χ0v) is 21.1. The van der Waals surface area contributed by atoms with Crippen LogP contribution in [0.15, 0.2) is 42.5 Å². The lowest BCUT2D eigenvalue weighted by Gasteiger charge is -2.11. The molecule has 0 aliphatic heterocycles. The molecule has 0 saturated carbocycles. The van der Waals surface area contributed by atoms with E-state index in [1.165, 1.54) is 30.3 Å². The van der Waals surface area contributed by atoms with Gasteiger partial charge in [0, 0.05) is 6.08 Å². The molecule has 0 aliphatic carbocycles. The van der Waals surface area contributed by atoms with Crippen LogP contribution in [0.5, 0.6) is 17.2 Å². The number of thiazole rings is 1. The highest BCUT2D eigenvalue weighted by Crippen LogP contribution is 2.30. The van der Waals surface area contributed by atoms with E-state index >= 15 is 0 Å². The van der Waals surface area contributed by atoms with Crippen molar-refractivity contribution < 1.29 is 19.0 Å². The predicted octanol–water partition coefficient (Wildman–Crippen LogP) is 7.09. The van der Waals surface area contributed by atoms with E-state index in [0.29, 0.717) is 29.8 Å². The van der Waals surface area contributed by atoms with Crippen LogP contribution in [0.1, 0.15) is 57.9 Å². The van der Waals surface area contributed by atoms with Gasteiger partial charge in [-0.1, -0.05) is 56.9 Å². The van der Waals surface area contributed by atoms with Crippen molar-refractivity contribution in [1.29, 1.82) is 0 Å². The largest absolute Gasteiger partial charge is 0.494 e. The van der Waals surface area contributed by atoms with Crippen molar-refractivity contribution in [1.82, 2.24) is 4.98 Å². The number of anilines is 1. The van der Waals surface area contributed by atoms with Crippen molar-refractivity contribution in [3.8, 4) is 17.2 Å². The average Bonchev–Trinajstić information content (AvgIpc) is 3.24. The molecule has 1 N–H and O–H groups in total. The predicted molar refractivity (Wildman–Crippen MR) is 140 cm³/mol. The fraction of sp³-hybridized carbons (Fsp3) is 0.407. The molecule has 0 aliphatic rings. The molecule has 0 saturated heterocycles. The van der Waals surface area contributed by atoms with Gasteiger partial charge in [0.05, 0.1) is 30.5 Å². The standard InChI is InChI=1S/C27H34N2O4S/c1-4-6-8-9-17-33-23-14-10-20(18-24(23)31-3)11-15-26(30)29-27-28-22-13-12-21(19-25(22)34-27)32-16-7-5-2/h10-15,18-19H,4-9,16-17H2,1-3H3,(H,28,29,30)/b15-11+. The molecule has 0 bridgehead atoms. The van der Waals surface area contributed by atoms with Gasteiger partial charge in [0.2, 0.25) is 5.91 Å². The number of methoxy groups -OCH3 is 1. The molecular weight excluding hydrogens is 448 g/mol. The summed E-state index contributed by atoms with van der Waals surface area (Å²) >= 11 is 1.43. The van der Waals surface area contributed by atoms with Gasteiger partial charge in [0.15, 0.2) is 16.6 Å². The van der Waals surface area contributed by atoms with Crippen molar-refractivity contribution in [3.05, 3.63) is 48.0 Å². The molecule has 1 heterocycles. The molecule has 34 heavy (non-hydrogen) atoms. The van der Waals surface area contributed by atoms with Gasteiger partial charge in [-0.25, -0.2) is 4.98 Å². The normalized spacial score (nSPS) is 11.1. The highest BCUT2D eigenvalue weighted by Gasteiger charge is 2.08. The Kier molecular flexibility index (Phi) is 10.2. The lowest BCUT2D eigenvalue weighted by Crippen LogP contribution is -2.07. The SMILES string of the molecule is CCCCCCOc1ccc(/C=C/C(=O)Nc2nc3ccc(OCCCC)cc3s2)cc1OC. The second-order valence-electron chi connectivity index (χ2n) is 7.99. The highest BCUT2D eigenvalue weighted by molar-refractivity contribution is 7.22. The quantitative estimate of drug-likeness (QED) is 0.196. The van der Waals surface area contributed by atoms with E-state index in [-0.39, 0.29) is 5.91 Å². The molecule has 2 aromatic carbocycles. The Morgan fingerprint density at radius 2 is 1.79 bits per heavy atom. The van der Waals surface area contributed by atoms with Gasteiger partial charge in [0.25, 0.3) is 0 Å². The van der Waals surface area contributed by atoms with E-state index in [0.717, 1.165) is 47.2 Å². The van der Waals surface area contributed by atoms with E-state index in [9.17, 15) is 4.79 Å². The van der Waals surface area contributed by atoms with Crippen molar-refractivity contribution in [2.45, 2.75) is 52.4 Å². The summed E-state index contributed by atoms with van der Waals surface area (Å²) in [5.41, 5.74) is 1.69. The first-order valence-corrected chi connectivity index (χ1v) is 12.8. The van der Waals surface area contributed by atoms with E-state index in [2.05, 4.69) is 24.1 Å². The van der Waals surface area contributed by atoms with Crippen LogP contribution < -0.4 is 19.5 Å². The summed E-state index contributed by atoms with van der Waals surface area (Å²) in [5.74, 6) is 1.95. The maximum atomic E-state index is 12.4. The van der Waals surface area contributed by atoms with Crippen molar-refractivity contribution in [3.63, 3.8) is 0 Å². The van der Waals surface area contributed by atoms with E-state index < -0.39 is 0 Å². The summed E-state index contributed by atoms with van der Waals surface area (Å²) in [5, 5.41) is 3.40. The van der Waals surface area contributed by atoms with Crippen LogP contribution in [0.3, 0.4) is 0 Å². The number of benzene rings is 2. The zero-order valence-electron chi connectivity index (χ0n) is 20.3. The number of aromatic nitrogens is 1. The second kappa shape index (κ2) is 13.6. The number of hydrogen-bond acceptors (Lipinski definition) is 6. The fourth-order valence-electron chi connectivity index (χ4n) is 3.32.